The minimum atomic E-state index is -0.278. The summed E-state index contributed by atoms with van der Waals surface area (Å²) in [5.41, 5.74) is 2.72. The van der Waals surface area contributed by atoms with Crippen molar-refractivity contribution < 1.29 is 4.79 Å². The van der Waals surface area contributed by atoms with Gasteiger partial charge in [0.2, 0.25) is 0 Å². The van der Waals surface area contributed by atoms with Gasteiger partial charge in [0.05, 0.1) is 5.03 Å². The fraction of sp³-hybridized carbons (Fsp3) is 0.0909. The molecule has 3 aromatic heterocycles. The minimum absolute atomic E-state index is 0.278. The average Bonchev–Trinajstić information content (AvgIpc) is 3.32. The zero-order valence-electron chi connectivity index (χ0n) is 16.1. The maximum Gasteiger partial charge on any atom is 0.319 e. The number of urea groups is 1. The molecule has 0 radical (unpaired) electrons. The normalized spacial score (nSPS) is 10.5. The number of thioether (sulfide) groups is 1. The van der Waals surface area contributed by atoms with Crippen LogP contribution in [0.1, 0.15) is 11.1 Å². The van der Waals surface area contributed by atoms with Gasteiger partial charge in [-0.25, -0.2) is 19.4 Å². The molecule has 0 saturated carbocycles. The molecule has 150 valence electrons. The third kappa shape index (κ3) is 5.24. The largest absolute Gasteiger partial charge is 0.334 e. The summed E-state index contributed by atoms with van der Waals surface area (Å²) in [7, 11) is 0. The van der Waals surface area contributed by atoms with E-state index in [1.165, 1.54) is 0 Å². The van der Waals surface area contributed by atoms with Crippen molar-refractivity contribution in [2.75, 3.05) is 5.32 Å². The summed E-state index contributed by atoms with van der Waals surface area (Å²) in [5, 5.41) is 10.9. The molecule has 7 nitrogen and oxygen atoms in total. The Hall–Kier alpha value is -3.65. The molecule has 0 unspecified atom stereocenters. The molecule has 4 aromatic rings. The minimum Gasteiger partial charge on any atom is -0.334 e. The lowest BCUT2D eigenvalue weighted by Gasteiger charge is -2.11. The van der Waals surface area contributed by atoms with Gasteiger partial charge in [0.15, 0.2) is 5.82 Å². The van der Waals surface area contributed by atoms with Gasteiger partial charge in [0.1, 0.15) is 0 Å². The second kappa shape index (κ2) is 9.71. The van der Waals surface area contributed by atoms with Crippen LogP contribution in [0.5, 0.6) is 0 Å². The van der Waals surface area contributed by atoms with Crippen LogP contribution in [0.4, 0.5) is 10.5 Å². The van der Waals surface area contributed by atoms with E-state index in [0.717, 1.165) is 27.6 Å². The van der Waals surface area contributed by atoms with Crippen LogP contribution in [-0.4, -0.2) is 25.8 Å². The fourth-order valence-electron chi connectivity index (χ4n) is 2.85. The Morgan fingerprint density at radius 1 is 0.967 bits per heavy atom. The van der Waals surface area contributed by atoms with Crippen LogP contribution in [0.2, 0.25) is 0 Å². The van der Waals surface area contributed by atoms with Gasteiger partial charge in [-0.05, 0) is 42.0 Å². The van der Waals surface area contributed by atoms with Crippen LogP contribution in [0.25, 0.3) is 5.82 Å². The molecule has 2 N–H and O–H groups in total. The van der Waals surface area contributed by atoms with Crippen molar-refractivity contribution in [1.82, 2.24) is 25.1 Å². The molecule has 0 fully saturated rings. The number of anilines is 1. The van der Waals surface area contributed by atoms with Crippen molar-refractivity contribution in [1.29, 1.82) is 0 Å². The van der Waals surface area contributed by atoms with Crippen molar-refractivity contribution in [3.8, 4) is 5.82 Å². The quantitative estimate of drug-likeness (QED) is 0.439. The average molecular weight is 417 g/mol. The zero-order chi connectivity index (χ0) is 20.6. The summed E-state index contributed by atoms with van der Waals surface area (Å²) >= 11 is 1.65. The molecule has 1 aromatic carbocycles. The number of pyridine rings is 2. The summed E-state index contributed by atoms with van der Waals surface area (Å²) in [4.78, 5) is 21.1. The van der Waals surface area contributed by atoms with E-state index in [1.807, 2.05) is 66.9 Å². The number of hydrogen-bond donors (Lipinski definition) is 2. The molecule has 0 aliphatic carbocycles. The van der Waals surface area contributed by atoms with E-state index in [9.17, 15) is 4.79 Å². The Bertz CT molecular complexity index is 1100. The number of aromatic nitrogens is 4. The van der Waals surface area contributed by atoms with Crippen LogP contribution in [0, 0.1) is 0 Å². The highest BCUT2D eigenvalue weighted by molar-refractivity contribution is 7.98. The van der Waals surface area contributed by atoms with Crippen molar-refractivity contribution in [2.24, 2.45) is 0 Å². The highest BCUT2D eigenvalue weighted by atomic mass is 32.2. The number of carbonyl (C=O) groups excluding carboxylic acids is 1. The Labute approximate surface area is 178 Å². The second-order valence-corrected chi connectivity index (χ2v) is 7.40. The number of amides is 2. The lowest BCUT2D eigenvalue weighted by Crippen LogP contribution is -2.28. The molecular weight excluding hydrogens is 396 g/mol. The van der Waals surface area contributed by atoms with Crippen molar-refractivity contribution >= 4 is 23.5 Å². The zero-order valence-corrected chi connectivity index (χ0v) is 16.9. The molecule has 0 aliphatic rings. The first-order valence-corrected chi connectivity index (χ1v) is 10.4. The molecule has 0 spiro atoms. The Morgan fingerprint density at radius 2 is 1.90 bits per heavy atom. The summed E-state index contributed by atoms with van der Waals surface area (Å²) in [6, 6.07) is 19.0. The van der Waals surface area contributed by atoms with Crippen LogP contribution < -0.4 is 10.6 Å². The second-order valence-electron chi connectivity index (χ2n) is 6.40. The standard InChI is InChI=1S/C22H20N6OS/c29-22(25-15-18-7-4-11-24-21(18)28-13-5-12-26-28)27-19-8-3-6-17(14-19)16-30-20-9-1-2-10-23-20/h1-14H,15-16H2,(H2,25,27,29). The molecule has 2 amide bonds. The Kier molecular flexibility index (Phi) is 6.36. The van der Waals surface area contributed by atoms with Gasteiger partial charge < -0.3 is 10.6 Å². The van der Waals surface area contributed by atoms with Crippen LogP contribution in [0.15, 0.2) is 90.5 Å². The van der Waals surface area contributed by atoms with Gasteiger partial charge in [-0.3, -0.25) is 0 Å². The van der Waals surface area contributed by atoms with Gasteiger partial charge in [-0.1, -0.05) is 24.3 Å². The van der Waals surface area contributed by atoms with Crippen LogP contribution in [-0.2, 0) is 12.3 Å². The number of benzene rings is 1. The molecule has 0 aliphatic heterocycles. The molecular formula is C22H20N6OS. The maximum absolute atomic E-state index is 12.4. The van der Waals surface area contributed by atoms with Gasteiger partial charge >= 0.3 is 6.03 Å². The van der Waals surface area contributed by atoms with Gasteiger partial charge in [0, 0.05) is 48.3 Å². The Balaban J connectivity index is 1.34. The highest BCUT2D eigenvalue weighted by Gasteiger charge is 2.08. The van der Waals surface area contributed by atoms with Crippen LogP contribution in [0.3, 0.4) is 0 Å². The Morgan fingerprint density at radius 3 is 2.73 bits per heavy atom. The number of rotatable bonds is 7. The lowest BCUT2D eigenvalue weighted by atomic mass is 10.2. The fourth-order valence-corrected chi connectivity index (χ4v) is 3.65. The molecule has 8 heteroatoms. The summed E-state index contributed by atoms with van der Waals surface area (Å²) < 4.78 is 1.68. The van der Waals surface area contributed by atoms with E-state index in [4.69, 9.17) is 0 Å². The van der Waals surface area contributed by atoms with E-state index in [0.29, 0.717) is 12.4 Å². The topological polar surface area (TPSA) is 84.7 Å². The summed E-state index contributed by atoms with van der Waals surface area (Å²) in [5.74, 6) is 1.47. The first kappa shape index (κ1) is 19.7. The maximum atomic E-state index is 12.4. The molecule has 4 rings (SSSR count). The van der Waals surface area contributed by atoms with Gasteiger partial charge in [0.25, 0.3) is 0 Å². The number of nitrogens with zero attached hydrogens (tertiary/aromatic N) is 4. The summed E-state index contributed by atoms with van der Waals surface area (Å²) in [6.45, 7) is 0.337. The monoisotopic (exact) mass is 416 g/mol. The third-order valence-electron chi connectivity index (χ3n) is 4.24. The first-order chi connectivity index (χ1) is 14.8. The molecule has 3 heterocycles. The smallest absolute Gasteiger partial charge is 0.319 e. The van der Waals surface area contributed by atoms with E-state index in [-0.39, 0.29) is 6.03 Å². The highest BCUT2D eigenvalue weighted by Crippen LogP contribution is 2.22. The summed E-state index contributed by atoms with van der Waals surface area (Å²) in [6.07, 6.45) is 7.00. The van der Waals surface area contributed by atoms with Gasteiger partial charge in [-0.15, -0.1) is 11.8 Å². The molecule has 0 saturated heterocycles. The molecule has 0 atom stereocenters. The van der Waals surface area contributed by atoms with E-state index in [1.54, 1.807) is 35.0 Å². The van der Waals surface area contributed by atoms with Crippen LogP contribution >= 0.6 is 11.8 Å². The van der Waals surface area contributed by atoms with Crippen molar-refractivity contribution in [3.63, 3.8) is 0 Å². The molecule has 30 heavy (non-hydrogen) atoms. The van der Waals surface area contributed by atoms with Crippen molar-refractivity contribution in [3.05, 3.63) is 96.6 Å². The first-order valence-electron chi connectivity index (χ1n) is 9.39. The van der Waals surface area contributed by atoms with Crippen molar-refractivity contribution in [2.45, 2.75) is 17.3 Å². The number of hydrogen-bond acceptors (Lipinski definition) is 5. The number of carbonyl (C=O) groups is 1. The van der Waals surface area contributed by atoms with E-state index < -0.39 is 0 Å². The molecule has 0 bridgehead atoms. The predicted molar refractivity (Wildman–Crippen MR) is 117 cm³/mol. The van der Waals surface area contributed by atoms with E-state index in [2.05, 4.69) is 25.7 Å². The van der Waals surface area contributed by atoms with E-state index >= 15 is 0 Å². The van der Waals surface area contributed by atoms with Gasteiger partial charge in [-0.2, -0.15) is 5.10 Å². The predicted octanol–water partition coefficient (Wildman–Crippen LogP) is 4.28. The third-order valence-corrected chi connectivity index (χ3v) is 5.25. The lowest BCUT2D eigenvalue weighted by molar-refractivity contribution is 0.251. The SMILES string of the molecule is O=C(NCc1cccnc1-n1cccn1)Nc1cccc(CSc2ccccn2)c1. The number of nitrogens with one attached hydrogen (secondary N) is 2.